The van der Waals surface area contributed by atoms with Crippen molar-refractivity contribution in [2.24, 2.45) is 0 Å². The Morgan fingerprint density at radius 2 is 2.14 bits per heavy atom. The number of nitrogens with two attached hydrogens (primary N) is 1. The summed E-state index contributed by atoms with van der Waals surface area (Å²) in [7, 11) is 0. The summed E-state index contributed by atoms with van der Waals surface area (Å²) >= 11 is 3.01. The second kappa shape index (κ2) is 6.13. The molecule has 21 heavy (non-hydrogen) atoms. The Bertz CT molecular complexity index is 615. The van der Waals surface area contributed by atoms with E-state index in [-0.39, 0.29) is 5.91 Å². The van der Waals surface area contributed by atoms with Crippen LogP contribution in [0.4, 0.5) is 5.13 Å². The van der Waals surface area contributed by atoms with Crippen LogP contribution < -0.4 is 5.73 Å². The zero-order valence-corrected chi connectivity index (χ0v) is 13.5. The maximum atomic E-state index is 12.5. The first-order chi connectivity index (χ1) is 10.1. The van der Waals surface area contributed by atoms with Crippen LogP contribution in [-0.4, -0.2) is 46.9 Å². The number of nitrogen functional groups attached to an aromatic ring is 1. The van der Waals surface area contributed by atoms with Crippen molar-refractivity contribution in [2.75, 3.05) is 31.9 Å². The topological polar surface area (TPSA) is 62.5 Å². The summed E-state index contributed by atoms with van der Waals surface area (Å²) in [4.78, 5) is 21.6. The minimum Gasteiger partial charge on any atom is -0.375 e. The summed E-state index contributed by atoms with van der Waals surface area (Å²) in [6, 6.07) is 2.16. The third-order valence-corrected chi connectivity index (χ3v) is 5.36. The van der Waals surface area contributed by atoms with Crippen LogP contribution in [0.2, 0.25) is 0 Å². The van der Waals surface area contributed by atoms with Gasteiger partial charge < -0.3 is 10.6 Å². The van der Waals surface area contributed by atoms with Gasteiger partial charge in [0.05, 0.1) is 5.69 Å². The molecule has 0 atom stereocenters. The Balaban J connectivity index is 1.58. The Morgan fingerprint density at radius 3 is 2.71 bits per heavy atom. The lowest BCUT2D eigenvalue weighted by Gasteiger charge is -2.34. The van der Waals surface area contributed by atoms with Crippen molar-refractivity contribution in [3.8, 4) is 0 Å². The van der Waals surface area contributed by atoms with Crippen molar-refractivity contribution >= 4 is 33.7 Å². The van der Waals surface area contributed by atoms with Gasteiger partial charge in [0.25, 0.3) is 5.91 Å². The summed E-state index contributed by atoms with van der Waals surface area (Å²) < 4.78 is 0. The Hall–Kier alpha value is -1.44. The van der Waals surface area contributed by atoms with Gasteiger partial charge in [0.1, 0.15) is 4.88 Å². The van der Waals surface area contributed by atoms with E-state index < -0.39 is 0 Å². The molecule has 0 saturated carbocycles. The van der Waals surface area contributed by atoms with Crippen molar-refractivity contribution in [2.45, 2.75) is 13.5 Å². The number of carbonyl (C=O) groups is 1. The van der Waals surface area contributed by atoms with Crippen LogP contribution >= 0.6 is 22.7 Å². The van der Waals surface area contributed by atoms with Crippen LogP contribution in [0.3, 0.4) is 0 Å². The van der Waals surface area contributed by atoms with E-state index in [4.69, 9.17) is 5.73 Å². The number of carbonyl (C=O) groups excluding carboxylic acids is 1. The van der Waals surface area contributed by atoms with E-state index in [2.05, 4.69) is 26.7 Å². The highest BCUT2D eigenvalue weighted by Gasteiger charge is 2.25. The predicted octanol–water partition coefficient (Wildman–Crippen LogP) is 2.05. The van der Waals surface area contributed by atoms with E-state index >= 15 is 0 Å². The van der Waals surface area contributed by atoms with Gasteiger partial charge in [-0.25, -0.2) is 4.98 Å². The van der Waals surface area contributed by atoms with Crippen LogP contribution in [-0.2, 0) is 6.54 Å². The number of aryl methyl sites for hydroxylation is 1. The maximum Gasteiger partial charge on any atom is 0.266 e. The number of piperazine rings is 1. The maximum absolute atomic E-state index is 12.5. The summed E-state index contributed by atoms with van der Waals surface area (Å²) in [5.74, 6) is 0.0666. The number of thiophene rings is 1. The molecule has 2 aromatic rings. The van der Waals surface area contributed by atoms with Crippen LogP contribution in [0.1, 0.15) is 20.9 Å². The molecule has 1 amide bonds. The lowest BCUT2D eigenvalue weighted by Crippen LogP contribution is -2.48. The zero-order chi connectivity index (χ0) is 14.8. The molecule has 1 saturated heterocycles. The van der Waals surface area contributed by atoms with Gasteiger partial charge in [-0.2, -0.15) is 11.3 Å². The molecule has 0 aromatic carbocycles. The van der Waals surface area contributed by atoms with Crippen molar-refractivity contribution in [3.05, 3.63) is 33.0 Å². The van der Waals surface area contributed by atoms with Crippen LogP contribution in [0.25, 0.3) is 0 Å². The quantitative estimate of drug-likeness (QED) is 0.939. The molecule has 3 rings (SSSR count). The number of thiazole rings is 1. The van der Waals surface area contributed by atoms with Gasteiger partial charge in [0.15, 0.2) is 5.13 Å². The molecular weight excluding hydrogens is 304 g/mol. The molecule has 0 aliphatic carbocycles. The molecule has 7 heteroatoms. The molecule has 5 nitrogen and oxygen atoms in total. The Labute approximate surface area is 132 Å². The molecule has 1 fully saturated rings. The van der Waals surface area contributed by atoms with Crippen LogP contribution in [0.15, 0.2) is 16.8 Å². The predicted molar refractivity (Wildman–Crippen MR) is 86.8 cm³/mol. The van der Waals surface area contributed by atoms with Crippen molar-refractivity contribution in [1.29, 1.82) is 0 Å². The third-order valence-electron chi connectivity index (χ3n) is 3.65. The van der Waals surface area contributed by atoms with E-state index in [0.717, 1.165) is 38.4 Å². The SMILES string of the molecule is Cc1nc(N)sc1C(=O)N1CCN(Cc2ccsc2)CC1. The number of rotatable bonds is 3. The number of amides is 1. The molecule has 0 unspecified atom stereocenters. The van der Waals surface area contributed by atoms with Crippen molar-refractivity contribution < 1.29 is 4.79 Å². The normalized spacial score (nSPS) is 16.3. The molecule has 0 spiro atoms. The van der Waals surface area contributed by atoms with E-state index in [0.29, 0.717) is 10.0 Å². The van der Waals surface area contributed by atoms with E-state index in [1.54, 1.807) is 11.3 Å². The summed E-state index contributed by atoms with van der Waals surface area (Å²) in [6.07, 6.45) is 0. The Morgan fingerprint density at radius 1 is 1.38 bits per heavy atom. The molecule has 1 aliphatic rings. The molecule has 0 radical (unpaired) electrons. The lowest BCUT2D eigenvalue weighted by molar-refractivity contribution is 0.0632. The van der Waals surface area contributed by atoms with Crippen molar-refractivity contribution in [3.63, 3.8) is 0 Å². The highest BCUT2D eigenvalue weighted by atomic mass is 32.1. The first-order valence-electron chi connectivity index (χ1n) is 6.89. The molecule has 0 bridgehead atoms. The summed E-state index contributed by atoms with van der Waals surface area (Å²) in [6.45, 7) is 6.16. The van der Waals surface area contributed by atoms with Crippen LogP contribution in [0, 0.1) is 6.92 Å². The second-order valence-electron chi connectivity index (χ2n) is 5.17. The molecule has 2 N–H and O–H groups in total. The van der Waals surface area contributed by atoms with Gasteiger partial charge >= 0.3 is 0 Å². The number of anilines is 1. The van der Waals surface area contributed by atoms with E-state index in [9.17, 15) is 4.79 Å². The number of hydrogen-bond donors (Lipinski definition) is 1. The summed E-state index contributed by atoms with van der Waals surface area (Å²) in [5, 5.41) is 4.75. The van der Waals surface area contributed by atoms with Gasteiger partial charge in [-0.15, -0.1) is 0 Å². The average Bonchev–Trinajstić information content (AvgIpc) is 3.08. The summed E-state index contributed by atoms with van der Waals surface area (Å²) in [5.41, 5.74) is 7.77. The average molecular weight is 322 g/mol. The monoisotopic (exact) mass is 322 g/mol. The fourth-order valence-corrected chi connectivity index (χ4v) is 3.97. The molecule has 112 valence electrons. The largest absolute Gasteiger partial charge is 0.375 e. The number of hydrogen-bond acceptors (Lipinski definition) is 6. The highest BCUT2D eigenvalue weighted by Crippen LogP contribution is 2.22. The molecule has 1 aliphatic heterocycles. The first-order valence-corrected chi connectivity index (χ1v) is 8.65. The number of aromatic nitrogens is 1. The van der Waals surface area contributed by atoms with Gasteiger partial charge in [0, 0.05) is 32.7 Å². The van der Waals surface area contributed by atoms with Gasteiger partial charge in [-0.1, -0.05) is 11.3 Å². The van der Waals surface area contributed by atoms with Gasteiger partial charge in [-0.3, -0.25) is 9.69 Å². The highest BCUT2D eigenvalue weighted by molar-refractivity contribution is 7.17. The first kappa shape index (κ1) is 14.5. The molecule has 3 heterocycles. The van der Waals surface area contributed by atoms with Crippen molar-refractivity contribution in [1.82, 2.24) is 14.8 Å². The fraction of sp³-hybridized carbons (Fsp3) is 0.429. The standard InChI is InChI=1S/C14H18N4OS2/c1-10-12(21-14(15)16-10)13(19)18-5-3-17(4-6-18)8-11-2-7-20-9-11/h2,7,9H,3-6,8H2,1H3,(H2,15,16). The zero-order valence-electron chi connectivity index (χ0n) is 11.9. The fourth-order valence-electron chi connectivity index (χ4n) is 2.51. The van der Waals surface area contributed by atoms with Gasteiger partial charge in [-0.05, 0) is 29.3 Å². The minimum atomic E-state index is 0.0666. The lowest BCUT2D eigenvalue weighted by atomic mass is 10.2. The van der Waals surface area contributed by atoms with Gasteiger partial charge in [0.2, 0.25) is 0 Å². The smallest absolute Gasteiger partial charge is 0.266 e. The third kappa shape index (κ3) is 3.25. The Kier molecular flexibility index (Phi) is 4.23. The van der Waals surface area contributed by atoms with E-state index in [1.807, 2.05) is 11.8 Å². The van der Waals surface area contributed by atoms with E-state index in [1.165, 1.54) is 16.9 Å². The van der Waals surface area contributed by atoms with Crippen LogP contribution in [0.5, 0.6) is 0 Å². The molecule has 2 aromatic heterocycles. The molecular formula is C14H18N4OS2. The minimum absolute atomic E-state index is 0.0666. The second-order valence-corrected chi connectivity index (χ2v) is 6.98. The number of nitrogens with zero attached hydrogens (tertiary/aromatic N) is 3.